The summed E-state index contributed by atoms with van der Waals surface area (Å²) in [5.41, 5.74) is 19.8. The van der Waals surface area contributed by atoms with Crippen molar-refractivity contribution in [3.63, 3.8) is 0 Å². The summed E-state index contributed by atoms with van der Waals surface area (Å²) in [7, 11) is 0. The third-order valence-electron chi connectivity index (χ3n) is 4.42. The van der Waals surface area contributed by atoms with Crippen molar-refractivity contribution in [2.24, 2.45) is 10.2 Å². The minimum Gasteiger partial charge on any atom is -0.344 e. The number of hydrogen-bond acceptors (Lipinski definition) is 4. The fourth-order valence-corrected chi connectivity index (χ4v) is 3.36. The van der Waals surface area contributed by atoms with Crippen molar-refractivity contribution in [1.29, 1.82) is 0 Å². The van der Waals surface area contributed by atoms with Gasteiger partial charge < -0.3 is 9.47 Å². The van der Waals surface area contributed by atoms with Crippen LogP contribution >= 0.6 is 0 Å². The zero-order chi connectivity index (χ0) is 19.3. The minimum atomic E-state index is -0.911. The molecule has 8 heteroatoms. The zero-order valence-corrected chi connectivity index (χ0v) is 15.1. The Morgan fingerprint density at radius 2 is 1.15 bits per heavy atom. The average Bonchev–Trinajstić information content (AvgIpc) is 3.00. The number of hydrogen-bond donors (Lipinski definition) is 0. The van der Waals surface area contributed by atoms with E-state index >= 15 is 0 Å². The first-order valence-corrected chi connectivity index (χ1v) is 8.59. The van der Waals surface area contributed by atoms with E-state index in [0.717, 1.165) is 11.1 Å². The molecule has 0 bridgehead atoms. The summed E-state index contributed by atoms with van der Waals surface area (Å²) in [6.45, 7) is 3.58. The second kappa shape index (κ2) is 8.12. The molecule has 4 atom stereocenters. The third-order valence-corrected chi connectivity index (χ3v) is 4.42. The highest BCUT2D eigenvalue weighted by Crippen LogP contribution is 2.43. The number of rotatable bonds is 6. The van der Waals surface area contributed by atoms with Gasteiger partial charge in [0, 0.05) is 9.82 Å². The van der Waals surface area contributed by atoms with Gasteiger partial charge in [-0.2, -0.15) is 0 Å². The van der Waals surface area contributed by atoms with Gasteiger partial charge in [-0.1, -0.05) is 70.9 Å². The van der Waals surface area contributed by atoms with Crippen LogP contribution in [0.5, 0.6) is 0 Å². The summed E-state index contributed by atoms with van der Waals surface area (Å²) in [4.78, 5) is 6.01. The Morgan fingerprint density at radius 1 is 0.778 bits per heavy atom. The van der Waals surface area contributed by atoms with E-state index in [1.165, 1.54) is 0 Å². The van der Waals surface area contributed by atoms with Crippen molar-refractivity contribution < 1.29 is 9.47 Å². The van der Waals surface area contributed by atoms with E-state index in [9.17, 15) is 0 Å². The Kier molecular flexibility index (Phi) is 5.64. The highest BCUT2D eigenvalue weighted by Gasteiger charge is 2.48. The molecule has 0 radical (unpaired) electrons. The number of benzene rings is 2. The number of azide groups is 2. The standard InChI is InChI=1S/C19H20N6O2/c1-19(2)26-17(15(22-24-20)13-9-5-3-6-10-13)18(27-19)16(23-25-21)14-11-7-4-8-12-14/h3-12,15-18H,1-2H3/t15-,16-,17-,18-/m0/s1. The van der Waals surface area contributed by atoms with Crippen molar-refractivity contribution in [3.05, 3.63) is 92.7 Å². The lowest BCUT2D eigenvalue weighted by Crippen LogP contribution is -2.33. The van der Waals surface area contributed by atoms with Crippen LogP contribution in [0.25, 0.3) is 20.9 Å². The van der Waals surface area contributed by atoms with Crippen molar-refractivity contribution >= 4 is 0 Å². The van der Waals surface area contributed by atoms with Gasteiger partial charge in [-0.3, -0.25) is 0 Å². The van der Waals surface area contributed by atoms with Gasteiger partial charge in [-0.25, -0.2) is 0 Å². The largest absolute Gasteiger partial charge is 0.344 e. The summed E-state index contributed by atoms with van der Waals surface area (Å²) in [6.07, 6.45) is -1.23. The highest BCUT2D eigenvalue weighted by atomic mass is 16.8. The fraction of sp³-hybridized carbons (Fsp3) is 0.368. The molecule has 8 nitrogen and oxygen atoms in total. The van der Waals surface area contributed by atoms with Gasteiger partial charge in [-0.05, 0) is 36.0 Å². The van der Waals surface area contributed by atoms with Crippen molar-refractivity contribution in [3.8, 4) is 0 Å². The van der Waals surface area contributed by atoms with Gasteiger partial charge >= 0.3 is 0 Å². The Bertz CT molecular complexity index is 789. The van der Waals surface area contributed by atoms with Gasteiger partial charge in [0.1, 0.15) is 12.2 Å². The van der Waals surface area contributed by atoms with Crippen LogP contribution in [0.4, 0.5) is 0 Å². The summed E-state index contributed by atoms with van der Waals surface area (Å²) in [5.74, 6) is -0.911. The second-order valence-electron chi connectivity index (χ2n) is 6.69. The maximum atomic E-state index is 9.11. The quantitative estimate of drug-likeness (QED) is 0.376. The van der Waals surface area contributed by atoms with Crippen LogP contribution in [0, 0.1) is 0 Å². The molecule has 1 aliphatic heterocycles. The van der Waals surface area contributed by atoms with Crippen molar-refractivity contribution in [1.82, 2.24) is 0 Å². The summed E-state index contributed by atoms with van der Waals surface area (Å²) in [5, 5.41) is 7.94. The van der Waals surface area contributed by atoms with Crippen LogP contribution in [0.1, 0.15) is 37.1 Å². The Labute approximate surface area is 157 Å². The molecule has 1 saturated heterocycles. The summed E-state index contributed by atoms with van der Waals surface area (Å²) in [6, 6.07) is 17.5. The van der Waals surface area contributed by atoms with E-state index < -0.39 is 30.1 Å². The first kappa shape index (κ1) is 18.8. The van der Waals surface area contributed by atoms with Crippen LogP contribution in [0.2, 0.25) is 0 Å². The monoisotopic (exact) mass is 364 g/mol. The van der Waals surface area contributed by atoms with Crippen molar-refractivity contribution in [2.75, 3.05) is 0 Å². The Morgan fingerprint density at radius 3 is 1.48 bits per heavy atom. The van der Waals surface area contributed by atoms with Gasteiger partial charge in [0.25, 0.3) is 0 Å². The number of ether oxygens (including phenoxy) is 2. The number of nitrogens with zero attached hydrogens (tertiary/aromatic N) is 6. The molecule has 1 heterocycles. The normalized spacial score (nSPS) is 22.9. The molecular weight excluding hydrogens is 344 g/mol. The van der Waals surface area contributed by atoms with Crippen LogP contribution < -0.4 is 0 Å². The maximum absolute atomic E-state index is 9.11. The zero-order valence-electron chi connectivity index (χ0n) is 15.1. The van der Waals surface area contributed by atoms with E-state index in [1.54, 1.807) is 13.8 Å². The molecule has 27 heavy (non-hydrogen) atoms. The smallest absolute Gasteiger partial charge is 0.163 e. The Hall–Kier alpha value is -3.02. The third kappa shape index (κ3) is 4.22. The second-order valence-corrected chi connectivity index (χ2v) is 6.69. The topological polar surface area (TPSA) is 116 Å². The van der Waals surface area contributed by atoms with Gasteiger partial charge in [0.2, 0.25) is 0 Å². The molecular formula is C19H20N6O2. The van der Waals surface area contributed by atoms with Gasteiger partial charge in [0.05, 0.1) is 12.1 Å². The molecule has 0 aliphatic carbocycles. The first-order valence-electron chi connectivity index (χ1n) is 8.59. The molecule has 1 fully saturated rings. The molecule has 0 spiro atoms. The van der Waals surface area contributed by atoms with E-state index in [2.05, 4.69) is 20.1 Å². The average molecular weight is 364 g/mol. The molecule has 0 amide bonds. The van der Waals surface area contributed by atoms with Gasteiger partial charge in [-0.15, -0.1) is 0 Å². The van der Waals surface area contributed by atoms with E-state index in [0.29, 0.717) is 0 Å². The summed E-state index contributed by atoms with van der Waals surface area (Å²) >= 11 is 0. The molecule has 2 aromatic carbocycles. The lowest BCUT2D eigenvalue weighted by atomic mass is 9.91. The first-order chi connectivity index (χ1) is 13.1. The molecule has 3 rings (SSSR count). The molecule has 2 aromatic rings. The lowest BCUT2D eigenvalue weighted by molar-refractivity contribution is -0.149. The molecule has 0 aromatic heterocycles. The van der Waals surface area contributed by atoms with E-state index in [-0.39, 0.29) is 0 Å². The Balaban J connectivity index is 2.05. The molecule has 138 valence electrons. The SMILES string of the molecule is CC1(C)O[C@@H]([C@@H](N=[N+]=[N-])c2ccccc2)[C@H]([C@@H](N=[N+]=[N-])c2ccccc2)O1. The predicted octanol–water partition coefficient (Wildman–Crippen LogP) is 5.61. The van der Waals surface area contributed by atoms with Crippen LogP contribution in [0.3, 0.4) is 0 Å². The van der Waals surface area contributed by atoms with Crippen LogP contribution in [-0.2, 0) is 9.47 Å². The van der Waals surface area contributed by atoms with E-state index in [4.69, 9.17) is 20.5 Å². The van der Waals surface area contributed by atoms with Gasteiger partial charge in [0.15, 0.2) is 5.79 Å². The highest BCUT2D eigenvalue weighted by molar-refractivity contribution is 5.25. The van der Waals surface area contributed by atoms with Crippen LogP contribution in [0.15, 0.2) is 70.9 Å². The minimum absolute atomic E-state index is 0.617. The molecule has 0 N–H and O–H groups in total. The molecule has 0 saturated carbocycles. The van der Waals surface area contributed by atoms with E-state index in [1.807, 2.05) is 60.7 Å². The fourth-order valence-electron chi connectivity index (χ4n) is 3.36. The van der Waals surface area contributed by atoms with Crippen molar-refractivity contribution in [2.45, 2.75) is 43.9 Å². The molecule has 0 unspecified atom stereocenters. The lowest BCUT2D eigenvalue weighted by Gasteiger charge is -2.27. The molecule has 1 aliphatic rings. The predicted molar refractivity (Wildman–Crippen MR) is 100 cm³/mol. The summed E-state index contributed by atoms with van der Waals surface area (Å²) < 4.78 is 12.2. The maximum Gasteiger partial charge on any atom is 0.163 e. The van der Waals surface area contributed by atoms with Crippen LogP contribution in [-0.4, -0.2) is 18.0 Å².